The quantitative estimate of drug-likeness (QED) is 0.485. The van der Waals surface area contributed by atoms with Gasteiger partial charge in [0.1, 0.15) is 13.2 Å². The van der Waals surface area contributed by atoms with Crippen LogP contribution in [0.1, 0.15) is 22.8 Å². The summed E-state index contributed by atoms with van der Waals surface area (Å²) in [6, 6.07) is 3.29. The fourth-order valence-electron chi connectivity index (χ4n) is 1.87. The number of methoxy groups -OCH3 is 2. The Morgan fingerprint density at radius 2 is 1.57 bits per heavy atom. The Bertz CT molecular complexity index is 492. The number of ether oxygens (including phenoxy) is 5. The molecule has 23 heavy (non-hydrogen) atoms. The summed E-state index contributed by atoms with van der Waals surface area (Å²) in [6.07, 6.45) is 0. The van der Waals surface area contributed by atoms with Crippen molar-refractivity contribution >= 4 is 5.97 Å². The SMILES string of the molecule is CCOC(=O)c1cc(OCCOC)c(OCCOC)cc1CN. The Morgan fingerprint density at radius 3 is 2.04 bits per heavy atom. The van der Waals surface area contributed by atoms with E-state index in [0.717, 1.165) is 0 Å². The van der Waals surface area contributed by atoms with Gasteiger partial charge in [-0.1, -0.05) is 0 Å². The summed E-state index contributed by atoms with van der Waals surface area (Å²) in [5, 5.41) is 0. The van der Waals surface area contributed by atoms with E-state index in [-0.39, 0.29) is 13.2 Å². The third kappa shape index (κ3) is 6.05. The number of carbonyl (C=O) groups excluding carboxylic acids is 1. The molecule has 130 valence electrons. The van der Waals surface area contributed by atoms with Crippen molar-refractivity contribution in [2.24, 2.45) is 5.73 Å². The van der Waals surface area contributed by atoms with Crippen LogP contribution in [0.4, 0.5) is 0 Å². The van der Waals surface area contributed by atoms with Gasteiger partial charge in [0, 0.05) is 20.8 Å². The van der Waals surface area contributed by atoms with Gasteiger partial charge in [-0.25, -0.2) is 4.79 Å². The topological polar surface area (TPSA) is 89.2 Å². The highest BCUT2D eigenvalue weighted by atomic mass is 16.6. The minimum absolute atomic E-state index is 0.188. The molecule has 0 bridgehead atoms. The zero-order valence-corrected chi connectivity index (χ0v) is 13.9. The lowest BCUT2D eigenvalue weighted by atomic mass is 10.1. The molecule has 0 aliphatic heterocycles. The Kier molecular flexibility index (Phi) is 9.04. The molecule has 0 saturated heterocycles. The molecule has 0 unspecified atom stereocenters. The number of nitrogens with two attached hydrogens (primary N) is 1. The Balaban J connectivity index is 3.07. The molecule has 0 saturated carbocycles. The first kappa shape index (κ1) is 19.2. The molecule has 0 aliphatic carbocycles. The molecular weight excluding hydrogens is 302 g/mol. The molecule has 7 heteroatoms. The fraction of sp³-hybridized carbons (Fsp3) is 0.562. The van der Waals surface area contributed by atoms with Gasteiger partial charge >= 0.3 is 5.97 Å². The molecule has 0 radical (unpaired) electrons. The molecule has 1 aromatic rings. The van der Waals surface area contributed by atoms with Gasteiger partial charge in [-0.2, -0.15) is 0 Å². The van der Waals surface area contributed by atoms with Gasteiger partial charge in [-0.3, -0.25) is 0 Å². The van der Waals surface area contributed by atoms with Crippen LogP contribution in [0.25, 0.3) is 0 Å². The van der Waals surface area contributed by atoms with E-state index in [0.29, 0.717) is 49.1 Å². The number of hydrogen-bond acceptors (Lipinski definition) is 7. The molecule has 2 N–H and O–H groups in total. The fourth-order valence-corrected chi connectivity index (χ4v) is 1.87. The van der Waals surface area contributed by atoms with Crippen molar-refractivity contribution in [3.05, 3.63) is 23.3 Å². The molecule has 1 rings (SSSR count). The Labute approximate surface area is 136 Å². The number of rotatable bonds is 11. The summed E-state index contributed by atoms with van der Waals surface area (Å²) in [6.45, 7) is 3.78. The summed E-state index contributed by atoms with van der Waals surface area (Å²) in [4.78, 5) is 12.1. The minimum Gasteiger partial charge on any atom is -0.487 e. The second kappa shape index (κ2) is 10.8. The number of esters is 1. The lowest BCUT2D eigenvalue weighted by Gasteiger charge is -2.16. The molecule has 1 aromatic carbocycles. The van der Waals surface area contributed by atoms with Crippen molar-refractivity contribution in [3.8, 4) is 11.5 Å². The largest absolute Gasteiger partial charge is 0.487 e. The highest BCUT2D eigenvalue weighted by Crippen LogP contribution is 2.31. The number of benzene rings is 1. The summed E-state index contributed by atoms with van der Waals surface area (Å²) >= 11 is 0. The van der Waals surface area contributed by atoms with Gasteiger partial charge in [-0.15, -0.1) is 0 Å². The van der Waals surface area contributed by atoms with Gasteiger partial charge < -0.3 is 29.4 Å². The molecule has 7 nitrogen and oxygen atoms in total. The zero-order chi connectivity index (χ0) is 17.1. The standard InChI is InChI=1S/C16H25NO6/c1-4-21-16(18)13-10-15(23-8-6-20-3)14(9-12(13)11-17)22-7-5-19-2/h9-10H,4-8,11,17H2,1-3H3. The third-order valence-electron chi connectivity index (χ3n) is 2.97. The lowest BCUT2D eigenvalue weighted by Crippen LogP contribution is -2.14. The molecule has 0 amide bonds. The molecule has 0 atom stereocenters. The van der Waals surface area contributed by atoms with Gasteiger partial charge in [0.05, 0.1) is 25.4 Å². The third-order valence-corrected chi connectivity index (χ3v) is 2.97. The van der Waals surface area contributed by atoms with E-state index < -0.39 is 5.97 Å². The van der Waals surface area contributed by atoms with E-state index in [2.05, 4.69) is 0 Å². The van der Waals surface area contributed by atoms with E-state index in [1.54, 1.807) is 33.3 Å². The van der Waals surface area contributed by atoms with E-state index in [4.69, 9.17) is 29.4 Å². The van der Waals surface area contributed by atoms with E-state index in [1.807, 2.05) is 0 Å². The highest BCUT2D eigenvalue weighted by Gasteiger charge is 2.18. The number of hydrogen-bond donors (Lipinski definition) is 1. The molecule has 0 spiro atoms. The first-order chi connectivity index (χ1) is 11.2. The van der Waals surface area contributed by atoms with E-state index in [9.17, 15) is 4.79 Å². The van der Waals surface area contributed by atoms with Crippen LogP contribution in [0.5, 0.6) is 11.5 Å². The van der Waals surface area contributed by atoms with Crippen LogP contribution in [0.3, 0.4) is 0 Å². The van der Waals surface area contributed by atoms with Gasteiger partial charge in [0.25, 0.3) is 0 Å². The first-order valence-corrected chi connectivity index (χ1v) is 7.45. The predicted octanol–water partition coefficient (Wildman–Crippen LogP) is 1.37. The van der Waals surface area contributed by atoms with Crippen molar-refractivity contribution in [1.29, 1.82) is 0 Å². The molecule has 0 aliphatic rings. The lowest BCUT2D eigenvalue weighted by molar-refractivity contribution is 0.0524. The molecule has 0 fully saturated rings. The molecular formula is C16H25NO6. The average molecular weight is 327 g/mol. The van der Waals surface area contributed by atoms with E-state index in [1.165, 1.54) is 0 Å². The monoisotopic (exact) mass is 327 g/mol. The maximum absolute atomic E-state index is 12.1. The highest BCUT2D eigenvalue weighted by molar-refractivity contribution is 5.92. The summed E-state index contributed by atoms with van der Waals surface area (Å²) in [5.74, 6) is 0.512. The van der Waals surface area contributed by atoms with Crippen molar-refractivity contribution in [2.45, 2.75) is 13.5 Å². The second-order valence-electron chi connectivity index (χ2n) is 4.56. The molecule has 0 aromatic heterocycles. The first-order valence-electron chi connectivity index (χ1n) is 7.45. The van der Waals surface area contributed by atoms with Crippen LogP contribution in [-0.4, -0.2) is 53.2 Å². The smallest absolute Gasteiger partial charge is 0.338 e. The normalized spacial score (nSPS) is 10.4. The summed E-state index contributed by atoms with van der Waals surface area (Å²) in [7, 11) is 3.18. The van der Waals surface area contributed by atoms with Crippen LogP contribution in [0, 0.1) is 0 Å². The van der Waals surface area contributed by atoms with Gasteiger partial charge in [-0.05, 0) is 24.6 Å². The summed E-state index contributed by atoms with van der Waals surface area (Å²) in [5.41, 5.74) is 6.74. The van der Waals surface area contributed by atoms with Gasteiger partial charge in [0.15, 0.2) is 11.5 Å². The average Bonchev–Trinajstić information content (AvgIpc) is 2.56. The maximum Gasteiger partial charge on any atom is 0.338 e. The Hall–Kier alpha value is -1.83. The second-order valence-corrected chi connectivity index (χ2v) is 4.56. The van der Waals surface area contributed by atoms with Crippen molar-refractivity contribution in [2.75, 3.05) is 47.3 Å². The van der Waals surface area contributed by atoms with Crippen LogP contribution >= 0.6 is 0 Å². The number of carbonyl (C=O) groups is 1. The van der Waals surface area contributed by atoms with E-state index >= 15 is 0 Å². The summed E-state index contributed by atoms with van der Waals surface area (Å²) < 4.78 is 26.3. The van der Waals surface area contributed by atoms with Crippen molar-refractivity contribution in [1.82, 2.24) is 0 Å². The van der Waals surface area contributed by atoms with Crippen LogP contribution < -0.4 is 15.2 Å². The maximum atomic E-state index is 12.1. The minimum atomic E-state index is -0.437. The van der Waals surface area contributed by atoms with Crippen LogP contribution in [-0.2, 0) is 20.8 Å². The molecule has 0 heterocycles. The van der Waals surface area contributed by atoms with Crippen LogP contribution in [0.15, 0.2) is 12.1 Å². The van der Waals surface area contributed by atoms with Gasteiger partial charge in [0.2, 0.25) is 0 Å². The van der Waals surface area contributed by atoms with Crippen molar-refractivity contribution in [3.63, 3.8) is 0 Å². The predicted molar refractivity (Wildman–Crippen MR) is 85.0 cm³/mol. The zero-order valence-electron chi connectivity index (χ0n) is 13.9. The van der Waals surface area contributed by atoms with Crippen LogP contribution in [0.2, 0.25) is 0 Å². The Morgan fingerprint density at radius 1 is 1.00 bits per heavy atom. The van der Waals surface area contributed by atoms with Crippen molar-refractivity contribution < 1.29 is 28.5 Å².